The van der Waals surface area contributed by atoms with Crippen molar-refractivity contribution >= 4 is 39.0 Å². The molecule has 4 saturated carbocycles. The van der Waals surface area contributed by atoms with E-state index in [1.54, 1.807) is 0 Å². The summed E-state index contributed by atoms with van der Waals surface area (Å²) in [6, 6.07) is 47.6. The number of fused-ring (bicyclic) bond motifs is 11. The number of anilines is 3. The molecule has 0 saturated heterocycles. The number of furan rings is 1. The number of hydrogen-bond donors (Lipinski definition) is 0. The monoisotopic (exact) mass is 743 g/mol. The van der Waals surface area contributed by atoms with Crippen molar-refractivity contribution in [2.45, 2.75) is 82.5 Å². The van der Waals surface area contributed by atoms with E-state index in [0.29, 0.717) is 5.41 Å². The van der Waals surface area contributed by atoms with Crippen LogP contribution in [0.3, 0.4) is 0 Å². The summed E-state index contributed by atoms with van der Waals surface area (Å²) in [5, 5.41) is 2.29. The maximum Gasteiger partial charge on any atom is 0.159 e. The predicted octanol–water partition coefficient (Wildman–Crippen LogP) is 14.5. The van der Waals surface area contributed by atoms with E-state index in [1.165, 1.54) is 71.9 Å². The summed E-state index contributed by atoms with van der Waals surface area (Å²) in [5.41, 5.74) is 14.4. The molecule has 57 heavy (non-hydrogen) atoms. The standard InChI is InChI=1S/C54H49NO2/c1-51(2)24-25-52(3,4)42-30-37(21-22-40(42)51)55(44-13-9-11-39-38-10-5-7-14-45(38)57-50(39)44)36-19-16-33(17-20-36)34-18-23-47-43(28-34)54(41-12-6-8-15-46(41)56-47)48-27-32-26-35-29-49(54)53(35,48)31-32/h5-23,28,30,32,35,48-49H,24-27,29,31H2,1-4H3. The SMILES string of the molecule is CC1(C)CCC(C)(C)c2cc(N(c3ccc(-c4ccc5c(c4)C4(c6ccccc6O5)C5CC6CC7CC4C75C6)cc3)c3cccc4c3oc3ccccc34)ccc21. The van der Waals surface area contributed by atoms with Gasteiger partial charge in [0.1, 0.15) is 17.1 Å². The number of benzene rings is 6. The average Bonchev–Trinajstić information content (AvgIpc) is 3.90. The highest BCUT2D eigenvalue weighted by molar-refractivity contribution is 6.10. The lowest BCUT2D eigenvalue weighted by Gasteiger charge is -2.77. The van der Waals surface area contributed by atoms with E-state index in [-0.39, 0.29) is 16.2 Å². The minimum atomic E-state index is 0.0721. The van der Waals surface area contributed by atoms with Crippen LogP contribution in [0.15, 0.2) is 132 Å². The van der Waals surface area contributed by atoms with Crippen LogP contribution in [0.5, 0.6) is 11.5 Å². The van der Waals surface area contributed by atoms with E-state index in [2.05, 4.69) is 160 Å². The summed E-state index contributed by atoms with van der Waals surface area (Å²) in [6.45, 7) is 9.65. The maximum atomic E-state index is 6.75. The van der Waals surface area contributed by atoms with E-state index >= 15 is 0 Å². The van der Waals surface area contributed by atoms with Crippen LogP contribution < -0.4 is 9.64 Å². The second kappa shape index (κ2) is 10.8. The van der Waals surface area contributed by atoms with E-state index in [9.17, 15) is 0 Å². The fourth-order valence-electron chi connectivity index (χ4n) is 14.1. The molecule has 3 nitrogen and oxygen atoms in total. The van der Waals surface area contributed by atoms with Crippen LogP contribution in [0.2, 0.25) is 0 Å². The topological polar surface area (TPSA) is 25.6 Å². The van der Waals surface area contributed by atoms with Gasteiger partial charge in [0.05, 0.1) is 5.69 Å². The molecule has 0 N–H and O–H groups in total. The number of ether oxygens (including phenoxy) is 1. The highest BCUT2D eigenvalue weighted by atomic mass is 16.5. The Hall–Kier alpha value is -5.28. The second-order valence-corrected chi connectivity index (χ2v) is 20.0. The third kappa shape index (κ3) is 4.04. The first-order valence-electron chi connectivity index (χ1n) is 21.5. The minimum Gasteiger partial charge on any atom is -0.457 e. The van der Waals surface area contributed by atoms with E-state index < -0.39 is 0 Å². The third-order valence-corrected chi connectivity index (χ3v) is 16.7. The van der Waals surface area contributed by atoms with Gasteiger partial charge in [0, 0.05) is 38.7 Å². The molecule has 1 aliphatic heterocycles. The van der Waals surface area contributed by atoms with Gasteiger partial charge in [-0.05, 0) is 155 Å². The molecular weight excluding hydrogens is 695 g/mol. The molecule has 5 aliphatic carbocycles. The smallest absolute Gasteiger partial charge is 0.159 e. The van der Waals surface area contributed by atoms with Crippen LogP contribution >= 0.6 is 0 Å². The van der Waals surface area contributed by atoms with Crippen molar-refractivity contribution in [3.8, 4) is 22.6 Å². The lowest BCUT2D eigenvalue weighted by molar-refractivity contribution is -0.235. The van der Waals surface area contributed by atoms with Crippen LogP contribution in [0.1, 0.15) is 88.5 Å². The summed E-state index contributed by atoms with van der Waals surface area (Å²) in [5.74, 6) is 5.48. The fraction of sp³-hybridized carbons (Fsp3) is 0.333. The number of para-hydroxylation sites is 3. The van der Waals surface area contributed by atoms with Gasteiger partial charge in [0.2, 0.25) is 0 Å². The summed E-state index contributed by atoms with van der Waals surface area (Å²) in [7, 11) is 0. The zero-order chi connectivity index (χ0) is 38.1. The van der Waals surface area contributed by atoms with Gasteiger partial charge in [-0.25, -0.2) is 0 Å². The minimum absolute atomic E-state index is 0.0721. The summed E-state index contributed by atoms with van der Waals surface area (Å²) in [4.78, 5) is 2.43. The van der Waals surface area contributed by atoms with E-state index in [4.69, 9.17) is 9.15 Å². The first-order valence-corrected chi connectivity index (χ1v) is 21.5. The quantitative estimate of drug-likeness (QED) is 0.180. The van der Waals surface area contributed by atoms with Crippen LogP contribution in [0.4, 0.5) is 17.1 Å². The van der Waals surface area contributed by atoms with Crippen LogP contribution in [0.25, 0.3) is 33.1 Å². The molecule has 2 heterocycles. The molecule has 4 fully saturated rings. The largest absolute Gasteiger partial charge is 0.457 e. The van der Waals surface area contributed by atoms with Crippen molar-refractivity contribution in [2.75, 3.05) is 4.90 Å². The van der Waals surface area contributed by atoms with Crippen molar-refractivity contribution in [2.24, 2.45) is 29.1 Å². The van der Waals surface area contributed by atoms with Gasteiger partial charge >= 0.3 is 0 Å². The van der Waals surface area contributed by atoms with Crippen LogP contribution in [-0.2, 0) is 16.2 Å². The molecule has 0 radical (unpaired) electrons. The highest BCUT2D eigenvalue weighted by Gasteiger charge is 2.84. The molecule has 1 aromatic heterocycles. The lowest BCUT2D eigenvalue weighted by Crippen LogP contribution is -2.74. The molecule has 6 unspecified atom stereocenters. The lowest BCUT2D eigenvalue weighted by atomic mass is 9.26. The maximum absolute atomic E-state index is 6.75. The normalized spacial score (nSPS) is 28.8. The van der Waals surface area contributed by atoms with Gasteiger partial charge < -0.3 is 14.1 Å². The van der Waals surface area contributed by atoms with E-state index in [0.717, 1.165) is 74.2 Å². The molecule has 0 amide bonds. The molecule has 282 valence electrons. The molecular formula is C54H49NO2. The molecule has 2 bridgehead atoms. The summed E-state index contributed by atoms with van der Waals surface area (Å²) < 4.78 is 13.5. The Morgan fingerprint density at radius 3 is 2.14 bits per heavy atom. The van der Waals surface area contributed by atoms with Crippen molar-refractivity contribution in [1.82, 2.24) is 0 Å². The number of hydrogen-bond acceptors (Lipinski definition) is 3. The molecule has 2 spiro atoms. The molecule has 6 aliphatic rings. The Morgan fingerprint density at radius 2 is 1.28 bits per heavy atom. The zero-order valence-corrected chi connectivity index (χ0v) is 33.4. The van der Waals surface area contributed by atoms with Gasteiger partial charge in [-0.3, -0.25) is 0 Å². The van der Waals surface area contributed by atoms with Gasteiger partial charge in [-0.1, -0.05) is 100 Å². The van der Waals surface area contributed by atoms with Crippen molar-refractivity contribution < 1.29 is 9.15 Å². The number of nitrogens with zero attached hydrogens (tertiary/aromatic N) is 1. The fourth-order valence-corrected chi connectivity index (χ4v) is 14.1. The molecule has 6 atom stereocenters. The Morgan fingerprint density at radius 1 is 0.561 bits per heavy atom. The van der Waals surface area contributed by atoms with Crippen LogP contribution in [0, 0.1) is 29.1 Å². The van der Waals surface area contributed by atoms with Gasteiger partial charge in [-0.2, -0.15) is 0 Å². The Balaban J connectivity index is 0.946. The Kier molecular flexibility index (Phi) is 6.21. The summed E-state index contributed by atoms with van der Waals surface area (Å²) in [6.07, 6.45) is 8.07. The third-order valence-electron chi connectivity index (χ3n) is 16.7. The average molecular weight is 744 g/mol. The van der Waals surface area contributed by atoms with Gasteiger partial charge in [0.25, 0.3) is 0 Å². The van der Waals surface area contributed by atoms with Gasteiger partial charge in [0.15, 0.2) is 5.58 Å². The van der Waals surface area contributed by atoms with Crippen molar-refractivity contribution in [1.29, 1.82) is 0 Å². The van der Waals surface area contributed by atoms with Crippen molar-refractivity contribution in [3.63, 3.8) is 0 Å². The van der Waals surface area contributed by atoms with Gasteiger partial charge in [-0.15, -0.1) is 0 Å². The first kappa shape index (κ1) is 32.8. The molecule has 13 rings (SSSR count). The van der Waals surface area contributed by atoms with E-state index in [1.807, 2.05) is 0 Å². The number of rotatable bonds is 4. The van der Waals surface area contributed by atoms with Crippen molar-refractivity contribution in [3.05, 3.63) is 150 Å². The highest BCUT2D eigenvalue weighted by Crippen LogP contribution is 2.89. The zero-order valence-electron chi connectivity index (χ0n) is 33.4. The molecule has 6 aromatic carbocycles. The molecule has 3 heteroatoms. The first-order chi connectivity index (χ1) is 27.7. The Bertz CT molecular complexity index is 2840. The summed E-state index contributed by atoms with van der Waals surface area (Å²) >= 11 is 0. The molecule has 7 aromatic rings. The second-order valence-electron chi connectivity index (χ2n) is 20.0. The predicted molar refractivity (Wildman–Crippen MR) is 231 cm³/mol. The van der Waals surface area contributed by atoms with Crippen LogP contribution in [-0.4, -0.2) is 0 Å². The Labute approximate surface area is 335 Å².